The second-order valence-electron chi connectivity index (χ2n) is 4.77. The highest BCUT2D eigenvalue weighted by molar-refractivity contribution is 6.30. The van der Waals surface area contributed by atoms with E-state index in [1.807, 2.05) is 24.3 Å². The molecule has 1 atom stereocenters. The molecule has 0 saturated heterocycles. The van der Waals surface area contributed by atoms with Crippen LogP contribution in [0.3, 0.4) is 0 Å². The summed E-state index contributed by atoms with van der Waals surface area (Å²) in [6, 6.07) is 7.85. The van der Waals surface area contributed by atoms with Gasteiger partial charge in [0.15, 0.2) is 0 Å². The average molecular weight is 227 g/mol. The Balaban J connectivity index is 2.79. The molecule has 1 aromatic rings. The van der Waals surface area contributed by atoms with Gasteiger partial charge < -0.3 is 5.11 Å². The third kappa shape index (κ3) is 3.22. The van der Waals surface area contributed by atoms with E-state index in [0.29, 0.717) is 5.92 Å². The smallest absolute Gasteiger partial charge is 0.0490 e. The van der Waals surface area contributed by atoms with Crippen LogP contribution in [0.4, 0.5) is 0 Å². The van der Waals surface area contributed by atoms with Crippen LogP contribution >= 0.6 is 11.6 Å². The average Bonchev–Trinajstić information content (AvgIpc) is 2.21. The van der Waals surface area contributed by atoms with Crippen LogP contribution in [0.1, 0.15) is 26.3 Å². The van der Waals surface area contributed by atoms with Crippen molar-refractivity contribution < 1.29 is 5.11 Å². The molecule has 0 aromatic heterocycles. The maximum Gasteiger partial charge on any atom is 0.0490 e. The number of benzene rings is 1. The monoisotopic (exact) mass is 226 g/mol. The van der Waals surface area contributed by atoms with E-state index in [0.717, 1.165) is 11.4 Å². The van der Waals surface area contributed by atoms with Gasteiger partial charge in [0, 0.05) is 11.6 Å². The molecule has 0 aliphatic rings. The molecule has 15 heavy (non-hydrogen) atoms. The van der Waals surface area contributed by atoms with Gasteiger partial charge in [0.05, 0.1) is 0 Å². The van der Waals surface area contributed by atoms with Gasteiger partial charge in [-0.25, -0.2) is 0 Å². The number of hydrogen-bond acceptors (Lipinski definition) is 1. The van der Waals surface area contributed by atoms with Crippen molar-refractivity contribution in [3.8, 4) is 0 Å². The van der Waals surface area contributed by atoms with Crippen molar-refractivity contribution in [2.24, 2.45) is 11.3 Å². The normalized spacial score (nSPS) is 15.3. The van der Waals surface area contributed by atoms with Gasteiger partial charge in [0.2, 0.25) is 0 Å². The Bertz CT molecular complexity index is 305. The van der Waals surface area contributed by atoms with Crippen LogP contribution in [0.15, 0.2) is 24.3 Å². The van der Waals surface area contributed by atoms with Crippen molar-refractivity contribution in [1.29, 1.82) is 0 Å². The zero-order valence-corrected chi connectivity index (χ0v) is 10.4. The van der Waals surface area contributed by atoms with E-state index < -0.39 is 0 Å². The lowest BCUT2D eigenvalue weighted by Crippen LogP contribution is -2.30. The number of halogens is 1. The lowest BCUT2D eigenvalue weighted by atomic mass is 9.75. The van der Waals surface area contributed by atoms with E-state index in [-0.39, 0.29) is 12.0 Å². The fraction of sp³-hybridized carbons (Fsp3) is 0.538. The molecular formula is C13H19ClO. The molecule has 0 amide bonds. The fourth-order valence-corrected chi connectivity index (χ4v) is 1.64. The van der Waals surface area contributed by atoms with Crippen LogP contribution in [-0.2, 0) is 6.42 Å². The number of aliphatic hydroxyl groups is 1. The summed E-state index contributed by atoms with van der Waals surface area (Å²) in [6.07, 6.45) is 0.887. The van der Waals surface area contributed by atoms with Gasteiger partial charge in [-0.15, -0.1) is 0 Å². The summed E-state index contributed by atoms with van der Waals surface area (Å²) in [5.41, 5.74) is 1.18. The summed E-state index contributed by atoms with van der Waals surface area (Å²) in [7, 11) is 0. The maximum absolute atomic E-state index is 9.45. The first-order chi connectivity index (χ1) is 6.98. The van der Waals surface area contributed by atoms with E-state index in [1.54, 1.807) is 0 Å². The van der Waals surface area contributed by atoms with E-state index in [1.165, 1.54) is 5.56 Å². The summed E-state index contributed by atoms with van der Waals surface area (Å²) in [6.45, 7) is 6.62. The standard InChI is InChI=1S/C13H19ClO/c1-10(2)13(3,9-15)8-11-4-6-12(14)7-5-11/h4-7,10,15H,8-9H2,1-3H3. The summed E-state index contributed by atoms with van der Waals surface area (Å²) in [5.74, 6) is 0.457. The Morgan fingerprint density at radius 1 is 1.27 bits per heavy atom. The first kappa shape index (κ1) is 12.5. The maximum atomic E-state index is 9.45. The fourth-order valence-electron chi connectivity index (χ4n) is 1.51. The predicted octanol–water partition coefficient (Wildman–Crippen LogP) is 3.54. The minimum atomic E-state index is -0.0478. The molecule has 0 spiro atoms. The molecule has 0 saturated carbocycles. The Morgan fingerprint density at radius 3 is 2.20 bits per heavy atom. The van der Waals surface area contributed by atoms with Gasteiger partial charge in [0.1, 0.15) is 0 Å². The Hall–Kier alpha value is -0.530. The molecule has 1 aromatic carbocycles. The highest BCUT2D eigenvalue weighted by Crippen LogP contribution is 2.30. The molecule has 0 heterocycles. The van der Waals surface area contributed by atoms with Crippen LogP contribution in [-0.4, -0.2) is 11.7 Å². The van der Waals surface area contributed by atoms with Crippen LogP contribution in [0.5, 0.6) is 0 Å². The number of rotatable bonds is 4. The molecule has 2 heteroatoms. The summed E-state index contributed by atoms with van der Waals surface area (Å²) < 4.78 is 0. The van der Waals surface area contributed by atoms with Gasteiger partial charge in [-0.3, -0.25) is 0 Å². The van der Waals surface area contributed by atoms with Crippen LogP contribution in [0, 0.1) is 11.3 Å². The molecule has 1 rings (SSSR count). The Kier molecular flexibility index (Phi) is 4.18. The summed E-state index contributed by atoms with van der Waals surface area (Å²) in [4.78, 5) is 0. The third-order valence-electron chi connectivity index (χ3n) is 3.28. The van der Waals surface area contributed by atoms with Crippen molar-refractivity contribution >= 4 is 11.6 Å². The van der Waals surface area contributed by atoms with Crippen LogP contribution < -0.4 is 0 Å². The van der Waals surface area contributed by atoms with Gasteiger partial charge in [-0.2, -0.15) is 0 Å². The van der Waals surface area contributed by atoms with Gasteiger partial charge in [-0.05, 0) is 35.4 Å². The Labute approximate surface area is 97.1 Å². The van der Waals surface area contributed by atoms with Gasteiger partial charge in [-0.1, -0.05) is 44.5 Å². The summed E-state index contributed by atoms with van der Waals surface area (Å²) >= 11 is 5.83. The molecule has 0 aliphatic carbocycles. The van der Waals surface area contributed by atoms with Crippen molar-refractivity contribution in [3.63, 3.8) is 0 Å². The predicted molar refractivity (Wildman–Crippen MR) is 65.2 cm³/mol. The van der Waals surface area contributed by atoms with Gasteiger partial charge >= 0.3 is 0 Å². The molecule has 0 fully saturated rings. The molecule has 0 radical (unpaired) electrons. The van der Waals surface area contributed by atoms with Crippen molar-refractivity contribution in [1.82, 2.24) is 0 Å². The molecule has 1 nitrogen and oxygen atoms in total. The van der Waals surface area contributed by atoms with Crippen LogP contribution in [0.2, 0.25) is 5.02 Å². The zero-order chi connectivity index (χ0) is 11.5. The van der Waals surface area contributed by atoms with Gasteiger partial charge in [0.25, 0.3) is 0 Å². The minimum Gasteiger partial charge on any atom is -0.396 e. The Morgan fingerprint density at radius 2 is 1.80 bits per heavy atom. The van der Waals surface area contributed by atoms with Crippen molar-refractivity contribution in [3.05, 3.63) is 34.9 Å². The minimum absolute atomic E-state index is 0.0478. The lowest BCUT2D eigenvalue weighted by molar-refractivity contribution is 0.0947. The largest absolute Gasteiger partial charge is 0.396 e. The third-order valence-corrected chi connectivity index (χ3v) is 3.53. The molecule has 1 N–H and O–H groups in total. The number of aliphatic hydroxyl groups excluding tert-OH is 1. The highest BCUT2D eigenvalue weighted by Gasteiger charge is 2.27. The van der Waals surface area contributed by atoms with E-state index in [9.17, 15) is 5.11 Å². The molecule has 0 aliphatic heterocycles. The topological polar surface area (TPSA) is 20.2 Å². The van der Waals surface area contributed by atoms with Crippen molar-refractivity contribution in [2.45, 2.75) is 27.2 Å². The second-order valence-corrected chi connectivity index (χ2v) is 5.21. The van der Waals surface area contributed by atoms with E-state index in [2.05, 4.69) is 20.8 Å². The van der Waals surface area contributed by atoms with Crippen LogP contribution in [0.25, 0.3) is 0 Å². The first-order valence-corrected chi connectivity index (χ1v) is 5.71. The van der Waals surface area contributed by atoms with Crippen molar-refractivity contribution in [2.75, 3.05) is 6.61 Å². The molecule has 0 bridgehead atoms. The molecule has 1 unspecified atom stereocenters. The quantitative estimate of drug-likeness (QED) is 0.833. The SMILES string of the molecule is CC(C)C(C)(CO)Cc1ccc(Cl)cc1. The number of hydrogen-bond donors (Lipinski definition) is 1. The summed E-state index contributed by atoms with van der Waals surface area (Å²) in [5, 5.41) is 10.2. The zero-order valence-electron chi connectivity index (χ0n) is 9.63. The molecule has 84 valence electrons. The van der Waals surface area contributed by atoms with E-state index >= 15 is 0 Å². The lowest BCUT2D eigenvalue weighted by Gasteiger charge is -2.31. The molecular weight excluding hydrogens is 208 g/mol. The first-order valence-electron chi connectivity index (χ1n) is 5.33. The van der Waals surface area contributed by atoms with E-state index in [4.69, 9.17) is 11.6 Å². The second kappa shape index (κ2) is 5.00. The highest BCUT2D eigenvalue weighted by atomic mass is 35.5.